The number of nitrogens with zero attached hydrogens (tertiary/aromatic N) is 1. The van der Waals surface area contributed by atoms with Crippen molar-refractivity contribution >= 4 is 5.69 Å². The largest absolute Gasteiger partial charge is 0.490 e. The van der Waals surface area contributed by atoms with Gasteiger partial charge in [0.15, 0.2) is 11.6 Å². The fraction of sp³-hybridized carbons (Fsp3) is 0.200. The fourth-order valence-corrected chi connectivity index (χ4v) is 1.70. The lowest BCUT2D eigenvalue weighted by atomic mass is 10.3. The second kappa shape index (κ2) is 7.50. The molecule has 0 amide bonds. The van der Waals surface area contributed by atoms with Crippen LogP contribution in [0.4, 0.5) is 14.5 Å². The molecule has 122 valence electrons. The Morgan fingerprint density at radius 3 is 2.61 bits per heavy atom. The topological polar surface area (TPSA) is 81.8 Å². The smallest absolute Gasteiger partial charge is 0.273 e. The third-order valence-corrected chi connectivity index (χ3v) is 2.80. The van der Waals surface area contributed by atoms with E-state index >= 15 is 0 Å². The van der Waals surface area contributed by atoms with Crippen molar-refractivity contribution in [3.8, 4) is 11.5 Å². The number of non-ortho nitro benzene ring substituents is 1. The minimum Gasteiger partial charge on any atom is -0.490 e. The Morgan fingerprint density at radius 2 is 1.87 bits per heavy atom. The van der Waals surface area contributed by atoms with Crippen molar-refractivity contribution in [2.45, 2.75) is 6.10 Å². The summed E-state index contributed by atoms with van der Waals surface area (Å²) in [6.07, 6.45) is -1.13. The van der Waals surface area contributed by atoms with Gasteiger partial charge in [0.2, 0.25) is 0 Å². The van der Waals surface area contributed by atoms with Gasteiger partial charge in [-0.05, 0) is 18.2 Å². The maximum Gasteiger partial charge on any atom is 0.273 e. The van der Waals surface area contributed by atoms with Crippen LogP contribution in [-0.2, 0) is 0 Å². The minimum atomic E-state index is -1.13. The van der Waals surface area contributed by atoms with Crippen molar-refractivity contribution in [2.75, 3.05) is 13.2 Å². The lowest BCUT2D eigenvalue weighted by Crippen LogP contribution is -2.25. The van der Waals surface area contributed by atoms with Crippen LogP contribution < -0.4 is 9.47 Å². The highest BCUT2D eigenvalue weighted by Crippen LogP contribution is 2.20. The van der Waals surface area contributed by atoms with E-state index in [0.717, 1.165) is 18.2 Å². The van der Waals surface area contributed by atoms with Crippen LogP contribution in [0.5, 0.6) is 11.5 Å². The van der Waals surface area contributed by atoms with Crippen molar-refractivity contribution in [1.29, 1.82) is 0 Å². The van der Waals surface area contributed by atoms with Crippen LogP contribution in [0.1, 0.15) is 0 Å². The van der Waals surface area contributed by atoms with E-state index in [1.165, 1.54) is 24.3 Å². The van der Waals surface area contributed by atoms with Crippen LogP contribution in [0.3, 0.4) is 0 Å². The Bertz CT molecular complexity index is 695. The number of nitro benzene ring substituents is 1. The minimum absolute atomic E-state index is 0.143. The molecule has 1 atom stereocenters. The van der Waals surface area contributed by atoms with E-state index in [9.17, 15) is 24.0 Å². The number of halogens is 2. The second-order valence-electron chi connectivity index (χ2n) is 4.61. The quantitative estimate of drug-likeness (QED) is 0.625. The molecule has 2 aromatic rings. The third-order valence-electron chi connectivity index (χ3n) is 2.80. The number of ether oxygens (including phenoxy) is 2. The molecule has 23 heavy (non-hydrogen) atoms. The Hall–Kier alpha value is -2.74. The number of benzene rings is 2. The predicted octanol–water partition coefficient (Wildman–Crippen LogP) is 2.69. The van der Waals surface area contributed by atoms with E-state index in [1.54, 1.807) is 0 Å². The Kier molecular flexibility index (Phi) is 5.42. The van der Waals surface area contributed by atoms with Crippen LogP contribution in [0, 0.1) is 21.7 Å². The summed E-state index contributed by atoms with van der Waals surface area (Å²) in [5, 5.41) is 20.3. The normalized spacial score (nSPS) is 11.8. The molecule has 6 nitrogen and oxygen atoms in total. The first kappa shape index (κ1) is 16.6. The SMILES string of the molecule is O=[N+]([O-])c1cccc(OCC(O)COc2cc(F)ccc2F)c1. The van der Waals surface area contributed by atoms with Gasteiger partial charge in [0, 0.05) is 12.1 Å². The van der Waals surface area contributed by atoms with E-state index in [0.29, 0.717) is 0 Å². The van der Waals surface area contributed by atoms with E-state index in [2.05, 4.69) is 0 Å². The number of aliphatic hydroxyl groups excluding tert-OH is 1. The molecule has 0 saturated heterocycles. The van der Waals surface area contributed by atoms with Gasteiger partial charge in [-0.15, -0.1) is 0 Å². The summed E-state index contributed by atoms with van der Waals surface area (Å²) in [6.45, 7) is -0.548. The fourth-order valence-electron chi connectivity index (χ4n) is 1.70. The molecule has 0 aliphatic rings. The van der Waals surface area contributed by atoms with E-state index in [1.807, 2.05) is 0 Å². The summed E-state index contributed by atoms with van der Waals surface area (Å²) < 4.78 is 36.5. The van der Waals surface area contributed by atoms with Gasteiger partial charge >= 0.3 is 0 Å². The van der Waals surface area contributed by atoms with Crippen molar-refractivity contribution < 1.29 is 28.3 Å². The number of hydrogen-bond acceptors (Lipinski definition) is 5. The standard InChI is InChI=1S/C15H13F2NO5/c16-10-4-5-14(17)15(6-10)23-9-12(19)8-22-13-3-1-2-11(7-13)18(20)21/h1-7,12,19H,8-9H2. The number of hydrogen-bond donors (Lipinski definition) is 1. The zero-order valence-electron chi connectivity index (χ0n) is 11.8. The average molecular weight is 325 g/mol. The molecule has 2 rings (SSSR count). The molecule has 0 heterocycles. The van der Waals surface area contributed by atoms with Gasteiger partial charge in [0.05, 0.1) is 11.0 Å². The lowest BCUT2D eigenvalue weighted by Gasteiger charge is -2.14. The highest BCUT2D eigenvalue weighted by molar-refractivity contribution is 5.37. The molecule has 8 heteroatoms. The van der Waals surface area contributed by atoms with Gasteiger partial charge in [0.25, 0.3) is 5.69 Å². The van der Waals surface area contributed by atoms with Crippen LogP contribution in [0.25, 0.3) is 0 Å². The van der Waals surface area contributed by atoms with E-state index in [4.69, 9.17) is 9.47 Å². The zero-order chi connectivity index (χ0) is 16.8. The van der Waals surface area contributed by atoms with Crippen LogP contribution in [-0.4, -0.2) is 29.3 Å². The third kappa shape index (κ3) is 4.89. The molecule has 0 bridgehead atoms. The summed E-state index contributed by atoms with van der Waals surface area (Å²) in [5.74, 6) is -1.53. The maximum absolute atomic E-state index is 13.3. The summed E-state index contributed by atoms with van der Waals surface area (Å²) in [6, 6.07) is 8.17. The molecule has 2 aromatic carbocycles. The Morgan fingerprint density at radius 1 is 1.13 bits per heavy atom. The first-order valence-corrected chi connectivity index (χ1v) is 6.59. The van der Waals surface area contributed by atoms with Gasteiger partial charge in [-0.2, -0.15) is 0 Å². The van der Waals surface area contributed by atoms with Gasteiger partial charge < -0.3 is 14.6 Å². The predicted molar refractivity (Wildman–Crippen MR) is 76.5 cm³/mol. The van der Waals surface area contributed by atoms with Gasteiger partial charge in [0.1, 0.15) is 30.9 Å². The van der Waals surface area contributed by atoms with Crippen molar-refractivity contribution in [3.05, 3.63) is 64.2 Å². The highest BCUT2D eigenvalue weighted by Gasteiger charge is 2.11. The van der Waals surface area contributed by atoms with Gasteiger partial charge in [-0.25, -0.2) is 8.78 Å². The molecular weight excluding hydrogens is 312 g/mol. The van der Waals surface area contributed by atoms with Crippen molar-refractivity contribution in [1.82, 2.24) is 0 Å². The second-order valence-corrected chi connectivity index (χ2v) is 4.61. The molecular formula is C15H13F2NO5. The molecule has 0 saturated carbocycles. The van der Waals surface area contributed by atoms with Crippen molar-refractivity contribution in [2.24, 2.45) is 0 Å². The van der Waals surface area contributed by atoms with Crippen LogP contribution in [0.15, 0.2) is 42.5 Å². The molecule has 0 aromatic heterocycles. The van der Waals surface area contributed by atoms with E-state index in [-0.39, 0.29) is 30.4 Å². The molecule has 0 aliphatic carbocycles. The molecule has 1 N–H and O–H groups in total. The van der Waals surface area contributed by atoms with Gasteiger partial charge in [-0.1, -0.05) is 6.07 Å². The molecule has 0 radical (unpaired) electrons. The monoisotopic (exact) mass is 325 g/mol. The first-order valence-electron chi connectivity index (χ1n) is 6.59. The van der Waals surface area contributed by atoms with Crippen LogP contribution in [0.2, 0.25) is 0 Å². The number of rotatable bonds is 7. The van der Waals surface area contributed by atoms with Gasteiger partial charge in [-0.3, -0.25) is 10.1 Å². The summed E-state index contributed by atoms with van der Waals surface area (Å²) in [4.78, 5) is 10.1. The average Bonchev–Trinajstić information content (AvgIpc) is 2.54. The Balaban J connectivity index is 1.85. The zero-order valence-corrected chi connectivity index (χ0v) is 11.8. The van der Waals surface area contributed by atoms with E-state index < -0.39 is 22.7 Å². The highest BCUT2D eigenvalue weighted by atomic mass is 19.1. The summed E-state index contributed by atoms with van der Waals surface area (Å²) >= 11 is 0. The van der Waals surface area contributed by atoms with Crippen molar-refractivity contribution in [3.63, 3.8) is 0 Å². The Labute approximate surface area is 130 Å². The lowest BCUT2D eigenvalue weighted by molar-refractivity contribution is -0.384. The molecule has 0 spiro atoms. The molecule has 0 fully saturated rings. The summed E-state index contributed by atoms with van der Waals surface area (Å²) in [5.41, 5.74) is -0.143. The summed E-state index contributed by atoms with van der Waals surface area (Å²) in [7, 11) is 0. The molecule has 0 aliphatic heterocycles. The first-order chi connectivity index (χ1) is 11.0. The maximum atomic E-state index is 13.3. The number of nitro groups is 1. The number of aliphatic hydroxyl groups is 1. The molecule has 1 unspecified atom stereocenters. The van der Waals surface area contributed by atoms with Crippen LogP contribution >= 0.6 is 0 Å².